The predicted molar refractivity (Wildman–Crippen MR) is 61.4 cm³/mol. The topological polar surface area (TPSA) is 54.0 Å². The van der Waals surface area contributed by atoms with E-state index in [9.17, 15) is 4.79 Å². The van der Waals surface area contributed by atoms with E-state index in [4.69, 9.17) is 11.6 Å². The number of carbonyl (C=O) groups excluding carboxylic acids is 1. The van der Waals surface area contributed by atoms with Crippen LogP contribution in [0.3, 0.4) is 0 Å². The molecule has 0 atom stereocenters. The van der Waals surface area contributed by atoms with E-state index in [1.165, 1.54) is 6.07 Å². The largest absolute Gasteiger partial charge is 0.370 e. The number of carbonyl (C=O) groups is 1. The average Bonchev–Trinajstić information content (AvgIpc) is 2.24. The summed E-state index contributed by atoms with van der Waals surface area (Å²) in [6.45, 7) is 2.86. The van der Waals surface area contributed by atoms with Crippen molar-refractivity contribution in [1.29, 1.82) is 0 Å². The monoisotopic (exact) mass is 227 g/mol. The molecule has 0 saturated carbocycles. The molecule has 82 valence electrons. The zero-order valence-corrected chi connectivity index (χ0v) is 9.56. The molecule has 0 aliphatic heterocycles. The molecule has 0 fully saturated rings. The molecule has 1 aromatic rings. The molecule has 2 N–H and O–H groups in total. The van der Waals surface area contributed by atoms with Gasteiger partial charge in [0.25, 0.3) is 5.91 Å². The fourth-order valence-electron chi connectivity index (χ4n) is 1.12. The van der Waals surface area contributed by atoms with E-state index >= 15 is 0 Å². The standard InChI is InChI=1S/C10H14ClN3O/c1-3-4-13-9-6-7(10(15)12-2)5-8(11)14-9/h5-6H,3-4H2,1-2H3,(H,12,15)(H,13,14). The van der Waals surface area contributed by atoms with Gasteiger partial charge < -0.3 is 10.6 Å². The van der Waals surface area contributed by atoms with E-state index in [1.807, 2.05) is 0 Å². The number of pyridine rings is 1. The van der Waals surface area contributed by atoms with Gasteiger partial charge in [-0.05, 0) is 18.6 Å². The quantitative estimate of drug-likeness (QED) is 0.773. The summed E-state index contributed by atoms with van der Waals surface area (Å²) in [4.78, 5) is 15.4. The van der Waals surface area contributed by atoms with Crippen LogP contribution in [0.1, 0.15) is 23.7 Å². The normalized spacial score (nSPS) is 9.80. The van der Waals surface area contributed by atoms with Crippen LogP contribution in [0.4, 0.5) is 5.82 Å². The van der Waals surface area contributed by atoms with Crippen molar-refractivity contribution in [2.45, 2.75) is 13.3 Å². The summed E-state index contributed by atoms with van der Waals surface area (Å²) in [5, 5.41) is 5.93. The maximum atomic E-state index is 11.4. The SMILES string of the molecule is CCCNc1cc(C(=O)NC)cc(Cl)n1. The molecule has 1 amide bonds. The molecule has 1 rings (SSSR count). The fraction of sp³-hybridized carbons (Fsp3) is 0.400. The lowest BCUT2D eigenvalue weighted by Crippen LogP contribution is -2.18. The molecule has 0 radical (unpaired) electrons. The second kappa shape index (κ2) is 5.56. The Labute approximate surface area is 94.0 Å². The molecule has 0 aromatic carbocycles. The minimum atomic E-state index is -0.168. The third-order valence-corrected chi connectivity index (χ3v) is 2.03. The fourth-order valence-corrected chi connectivity index (χ4v) is 1.32. The van der Waals surface area contributed by atoms with Gasteiger partial charge in [0.2, 0.25) is 0 Å². The van der Waals surface area contributed by atoms with Gasteiger partial charge >= 0.3 is 0 Å². The zero-order chi connectivity index (χ0) is 11.3. The Morgan fingerprint density at radius 2 is 2.27 bits per heavy atom. The van der Waals surface area contributed by atoms with E-state index in [-0.39, 0.29) is 5.91 Å². The van der Waals surface area contributed by atoms with Crippen LogP contribution in [-0.4, -0.2) is 24.5 Å². The molecule has 0 aliphatic rings. The van der Waals surface area contributed by atoms with Crippen molar-refractivity contribution in [2.24, 2.45) is 0 Å². The second-order valence-electron chi connectivity index (χ2n) is 3.07. The molecule has 0 bridgehead atoms. The van der Waals surface area contributed by atoms with E-state index in [1.54, 1.807) is 13.1 Å². The lowest BCUT2D eigenvalue weighted by atomic mass is 10.2. The summed E-state index contributed by atoms with van der Waals surface area (Å²) in [6, 6.07) is 3.22. The molecule has 1 aromatic heterocycles. The van der Waals surface area contributed by atoms with Crippen molar-refractivity contribution in [3.05, 3.63) is 22.8 Å². The molecular formula is C10H14ClN3O. The number of hydrogen-bond donors (Lipinski definition) is 2. The van der Waals surface area contributed by atoms with Gasteiger partial charge in [0.05, 0.1) is 0 Å². The van der Waals surface area contributed by atoms with E-state index in [0.717, 1.165) is 13.0 Å². The molecule has 5 heteroatoms. The molecule has 0 unspecified atom stereocenters. The van der Waals surface area contributed by atoms with Gasteiger partial charge in [-0.15, -0.1) is 0 Å². The van der Waals surface area contributed by atoms with E-state index in [0.29, 0.717) is 16.5 Å². The summed E-state index contributed by atoms with van der Waals surface area (Å²) >= 11 is 5.80. The number of amides is 1. The van der Waals surface area contributed by atoms with Crippen LogP contribution in [-0.2, 0) is 0 Å². The summed E-state index contributed by atoms with van der Waals surface area (Å²) in [7, 11) is 1.58. The number of nitrogens with one attached hydrogen (secondary N) is 2. The Morgan fingerprint density at radius 1 is 1.53 bits per heavy atom. The third kappa shape index (κ3) is 3.40. The number of rotatable bonds is 4. The number of anilines is 1. The lowest BCUT2D eigenvalue weighted by molar-refractivity contribution is 0.0963. The van der Waals surface area contributed by atoms with Gasteiger partial charge in [0.1, 0.15) is 11.0 Å². The van der Waals surface area contributed by atoms with Gasteiger partial charge in [0, 0.05) is 19.2 Å². The number of hydrogen-bond acceptors (Lipinski definition) is 3. The predicted octanol–water partition coefficient (Wildman–Crippen LogP) is 1.92. The summed E-state index contributed by atoms with van der Waals surface area (Å²) in [6.07, 6.45) is 0.990. The Hall–Kier alpha value is -1.29. The summed E-state index contributed by atoms with van der Waals surface area (Å²) in [5.74, 6) is 0.460. The van der Waals surface area contributed by atoms with Crippen LogP contribution in [0, 0.1) is 0 Å². The van der Waals surface area contributed by atoms with Crippen molar-refractivity contribution in [1.82, 2.24) is 10.3 Å². The zero-order valence-electron chi connectivity index (χ0n) is 8.80. The van der Waals surface area contributed by atoms with Crippen LogP contribution in [0.25, 0.3) is 0 Å². The van der Waals surface area contributed by atoms with Crippen molar-refractivity contribution in [2.75, 3.05) is 18.9 Å². The van der Waals surface area contributed by atoms with Crippen molar-refractivity contribution in [3.8, 4) is 0 Å². The highest BCUT2D eigenvalue weighted by molar-refractivity contribution is 6.29. The van der Waals surface area contributed by atoms with Crippen LogP contribution >= 0.6 is 11.6 Å². The van der Waals surface area contributed by atoms with Crippen LogP contribution in [0.2, 0.25) is 5.15 Å². The highest BCUT2D eigenvalue weighted by Gasteiger charge is 2.06. The molecule has 4 nitrogen and oxygen atoms in total. The van der Waals surface area contributed by atoms with Gasteiger partial charge in [-0.3, -0.25) is 4.79 Å². The molecule has 1 heterocycles. The smallest absolute Gasteiger partial charge is 0.251 e. The first kappa shape index (κ1) is 11.8. The van der Waals surface area contributed by atoms with Gasteiger partial charge in [-0.2, -0.15) is 0 Å². The molecule has 15 heavy (non-hydrogen) atoms. The second-order valence-corrected chi connectivity index (χ2v) is 3.46. The highest BCUT2D eigenvalue weighted by atomic mass is 35.5. The van der Waals surface area contributed by atoms with Crippen LogP contribution in [0.15, 0.2) is 12.1 Å². The lowest BCUT2D eigenvalue weighted by Gasteiger charge is -2.06. The number of aromatic nitrogens is 1. The third-order valence-electron chi connectivity index (χ3n) is 1.84. The maximum Gasteiger partial charge on any atom is 0.251 e. The highest BCUT2D eigenvalue weighted by Crippen LogP contribution is 2.14. The van der Waals surface area contributed by atoms with Crippen LogP contribution < -0.4 is 10.6 Å². The Kier molecular flexibility index (Phi) is 4.37. The minimum absolute atomic E-state index is 0.168. The summed E-state index contributed by atoms with van der Waals surface area (Å²) in [5.41, 5.74) is 0.510. The van der Waals surface area contributed by atoms with Crippen molar-refractivity contribution >= 4 is 23.3 Å². The first-order valence-corrected chi connectivity index (χ1v) is 5.18. The van der Waals surface area contributed by atoms with Gasteiger partial charge in [-0.25, -0.2) is 4.98 Å². The molecule has 0 spiro atoms. The summed E-state index contributed by atoms with van der Waals surface area (Å²) < 4.78 is 0. The van der Waals surface area contributed by atoms with Gasteiger partial charge in [-0.1, -0.05) is 18.5 Å². The number of halogens is 1. The first-order chi connectivity index (χ1) is 7.17. The molecule has 0 aliphatic carbocycles. The van der Waals surface area contributed by atoms with E-state index in [2.05, 4.69) is 22.5 Å². The average molecular weight is 228 g/mol. The van der Waals surface area contributed by atoms with Crippen LogP contribution in [0.5, 0.6) is 0 Å². The molecular weight excluding hydrogens is 214 g/mol. The Morgan fingerprint density at radius 3 is 2.87 bits per heavy atom. The first-order valence-electron chi connectivity index (χ1n) is 4.81. The van der Waals surface area contributed by atoms with Gasteiger partial charge in [0.15, 0.2) is 0 Å². The van der Waals surface area contributed by atoms with E-state index < -0.39 is 0 Å². The maximum absolute atomic E-state index is 11.4. The Bertz CT molecular complexity index is 355. The number of nitrogens with zero attached hydrogens (tertiary/aromatic N) is 1. The Balaban J connectivity index is 2.89. The molecule has 0 saturated heterocycles. The van der Waals surface area contributed by atoms with Crippen molar-refractivity contribution < 1.29 is 4.79 Å². The van der Waals surface area contributed by atoms with Crippen molar-refractivity contribution in [3.63, 3.8) is 0 Å². The minimum Gasteiger partial charge on any atom is -0.370 e.